The first-order chi connectivity index (χ1) is 7.05. The van der Waals surface area contributed by atoms with Gasteiger partial charge in [-0.3, -0.25) is 4.79 Å². The fourth-order valence-corrected chi connectivity index (χ4v) is 2.03. The van der Waals surface area contributed by atoms with Gasteiger partial charge < -0.3 is 4.57 Å². The normalized spacial score (nSPS) is 12.9. The van der Waals surface area contributed by atoms with Gasteiger partial charge >= 0.3 is 0 Å². The lowest BCUT2D eigenvalue weighted by Crippen LogP contribution is -2.39. The van der Waals surface area contributed by atoms with E-state index in [-0.39, 0.29) is 16.5 Å². The molecule has 0 amide bonds. The van der Waals surface area contributed by atoms with Gasteiger partial charge in [0.15, 0.2) is 0 Å². The van der Waals surface area contributed by atoms with E-state index in [0.29, 0.717) is 0 Å². The Morgan fingerprint density at radius 2 is 1.50 bits per heavy atom. The van der Waals surface area contributed by atoms with E-state index in [9.17, 15) is 4.79 Å². The van der Waals surface area contributed by atoms with Gasteiger partial charge in [-0.15, -0.1) is 0 Å². The van der Waals surface area contributed by atoms with Gasteiger partial charge in [-0.1, -0.05) is 26.8 Å². The van der Waals surface area contributed by atoms with Gasteiger partial charge in [-0.05, 0) is 39.2 Å². The van der Waals surface area contributed by atoms with Crippen LogP contribution in [0.1, 0.15) is 52.8 Å². The Morgan fingerprint density at radius 1 is 1.00 bits per heavy atom. The summed E-state index contributed by atoms with van der Waals surface area (Å²) in [4.78, 5) is 12.4. The molecule has 0 spiro atoms. The van der Waals surface area contributed by atoms with Crippen molar-refractivity contribution in [3.8, 4) is 0 Å². The Kier molecular flexibility index (Phi) is 3.06. The van der Waals surface area contributed by atoms with Crippen LogP contribution in [0.2, 0.25) is 0 Å². The summed E-state index contributed by atoms with van der Waals surface area (Å²) < 4.78 is 1.88. The summed E-state index contributed by atoms with van der Waals surface area (Å²) in [5, 5.41) is 0. The van der Waals surface area contributed by atoms with Crippen molar-refractivity contribution in [2.75, 3.05) is 0 Å². The highest BCUT2D eigenvalue weighted by Crippen LogP contribution is 2.21. The lowest BCUT2D eigenvalue weighted by molar-refractivity contribution is 0.370. The molecule has 1 rings (SSSR count). The van der Waals surface area contributed by atoms with Crippen molar-refractivity contribution in [2.24, 2.45) is 0 Å². The van der Waals surface area contributed by atoms with Crippen molar-refractivity contribution >= 4 is 0 Å². The zero-order valence-corrected chi connectivity index (χ0v) is 11.5. The molecular formula is C14H23NO. The predicted molar refractivity (Wildman–Crippen MR) is 69.1 cm³/mol. The molecule has 0 atom stereocenters. The van der Waals surface area contributed by atoms with Crippen LogP contribution in [0.5, 0.6) is 0 Å². The maximum Gasteiger partial charge on any atom is 0.254 e. The Bertz CT molecular complexity index is 441. The van der Waals surface area contributed by atoms with Gasteiger partial charge in [0.2, 0.25) is 0 Å². The monoisotopic (exact) mass is 221 g/mol. The van der Waals surface area contributed by atoms with Crippen molar-refractivity contribution < 1.29 is 0 Å². The van der Waals surface area contributed by atoms with Gasteiger partial charge in [0, 0.05) is 16.8 Å². The van der Waals surface area contributed by atoms with E-state index in [2.05, 4.69) is 41.5 Å². The average Bonchev–Trinajstić information content (AvgIpc) is 1.97. The van der Waals surface area contributed by atoms with Gasteiger partial charge in [-0.2, -0.15) is 0 Å². The van der Waals surface area contributed by atoms with E-state index in [1.165, 1.54) is 0 Å². The SMILES string of the molecule is Cc1ccc(C(C)(C)C)c(=O)n1C(C)(C)C. The molecule has 16 heavy (non-hydrogen) atoms. The van der Waals surface area contributed by atoms with Crippen LogP contribution in [0.3, 0.4) is 0 Å². The standard InChI is InChI=1S/C14H23NO/c1-10-8-9-11(13(2,3)4)12(16)15(10)14(5,6)7/h8-9H,1-7H3. The summed E-state index contributed by atoms with van der Waals surface area (Å²) in [5.74, 6) is 0. The van der Waals surface area contributed by atoms with Crippen molar-refractivity contribution in [3.05, 3.63) is 33.7 Å². The maximum atomic E-state index is 12.4. The van der Waals surface area contributed by atoms with Crippen molar-refractivity contribution in [1.29, 1.82) is 0 Å². The van der Waals surface area contributed by atoms with Gasteiger partial charge in [-0.25, -0.2) is 0 Å². The van der Waals surface area contributed by atoms with E-state index in [0.717, 1.165) is 11.3 Å². The molecule has 2 nitrogen and oxygen atoms in total. The second kappa shape index (κ2) is 3.76. The van der Waals surface area contributed by atoms with Crippen LogP contribution in [0.4, 0.5) is 0 Å². The van der Waals surface area contributed by atoms with Crippen LogP contribution in [0.15, 0.2) is 16.9 Å². The highest BCUT2D eigenvalue weighted by molar-refractivity contribution is 5.23. The minimum Gasteiger partial charge on any atom is -0.307 e. The third kappa shape index (κ3) is 2.37. The summed E-state index contributed by atoms with van der Waals surface area (Å²) >= 11 is 0. The number of nitrogens with zero attached hydrogens (tertiary/aromatic N) is 1. The van der Waals surface area contributed by atoms with Crippen molar-refractivity contribution in [3.63, 3.8) is 0 Å². The molecule has 1 aromatic heterocycles. The summed E-state index contributed by atoms with van der Waals surface area (Å²) in [7, 11) is 0. The third-order valence-electron chi connectivity index (χ3n) is 2.76. The first kappa shape index (κ1) is 13.0. The molecule has 1 aromatic rings. The molecule has 0 fully saturated rings. The van der Waals surface area contributed by atoms with Gasteiger partial charge in [0.1, 0.15) is 0 Å². The smallest absolute Gasteiger partial charge is 0.254 e. The molecule has 0 saturated heterocycles. The van der Waals surface area contributed by atoms with Crippen LogP contribution < -0.4 is 5.56 Å². The molecule has 0 bridgehead atoms. The molecule has 0 aliphatic rings. The minimum absolute atomic E-state index is 0.0994. The van der Waals surface area contributed by atoms with E-state index in [4.69, 9.17) is 0 Å². The van der Waals surface area contributed by atoms with Crippen LogP contribution >= 0.6 is 0 Å². The number of rotatable bonds is 0. The van der Waals surface area contributed by atoms with Crippen LogP contribution in [0, 0.1) is 6.92 Å². The first-order valence-corrected chi connectivity index (χ1v) is 5.79. The van der Waals surface area contributed by atoms with Crippen molar-refractivity contribution in [2.45, 2.75) is 59.4 Å². The lowest BCUT2D eigenvalue weighted by atomic mass is 9.87. The molecule has 0 aliphatic carbocycles. The zero-order chi connectivity index (χ0) is 12.7. The van der Waals surface area contributed by atoms with E-state index < -0.39 is 0 Å². The highest BCUT2D eigenvalue weighted by atomic mass is 16.1. The third-order valence-corrected chi connectivity index (χ3v) is 2.76. The topological polar surface area (TPSA) is 22.0 Å². The van der Waals surface area contributed by atoms with Gasteiger partial charge in [0.25, 0.3) is 5.56 Å². The van der Waals surface area contributed by atoms with Crippen molar-refractivity contribution in [1.82, 2.24) is 4.57 Å². The van der Waals surface area contributed by atoms with Crippen LogP contribution in [-0.2, 0) is 11.0 Å². The van der Waals surface area contributed by atoms with E-state index in [1.807, 2.05) is 23.6 Å². The molecule has 1 heterocycles. The summed E-state index contributed by atoms with van der Waals surface area (Å²) in [6.07, 6.45) is 0. The Hall–Kier alpha value is -1.05. The number of pyridine rings is 1. The summed E-state index contributed by atoms with van der Waals surface area (Å²) in [5.41, 5.74) is 1.78. The Labute approximate surface area is 98.3 Å². The van der Waals surface area contributed by atoms with E-state index >= 15 is 0 Å². The first-order valence-electron chi connectivity index (χ1n) is 5.79. The highest BCUT2D eigenvalue weighted by Gasteiger charge is 2.23. The fourth-order valence-electron chi connectivity index (χ4n) is 2.03. The largest absolute Gasteiger partial charge is 0.307 e. The van der Waals surface area contributed by atoms with Gasteiger partial charge in [0.05, 0.1) is 0 Å². The molecule has 0 aliphatic heterocycles. The number of hydrogen-bond donors (Lipinski definition) is 0. The lowest BCUT2D eigenvalue weighted by Gasteiger charge is -2.28. The molecule has 0 unspecified atom stereocenters. The second-order valence-electron chi connectivity index (χ2n) is 6.45. The Balaban J connectivity index is 3.59. The molecule has 2 heteroatoms. The maximum absolute atomic E-state index is 12.4. The molecule has 0 aromatic carbocycles. The quantitative estimate of drug-likeness (QED) is 0.659. The fraction of sp³-hybridized carbons (Fsp3) is 0.643. The number of hydrogen-bond acceptors (Lipinski definition) is 1. The molecule has 0 radical (unpaired) electrons. The molecule has 90 valence electrons. The summed E-state index contributed by atoms with van der Waals surface area (Å²) in [6.45, 7) is 14.4. The van der Waals surface area contributed by atoms with Crippen LogP contribution in [-0.4, -0.2) is 4.57 Å². The number of aromatic nitrogens is 1. The van der Waals surface area contributed by atoms with Crippen LogP contribution in [0.25, 0.3) is 0 Å². The molecular weight excluding hydrogens is 198 g/mol. The van der Waals surface area contributed by atoms with E-state index in [1.54, 1.807) is 0 Å². The minimum atomic E-state index is -0.164. The molecule has 0 N–H and O–H groups in total. The second-order valence-corrected chi connectivity index (χ2v) is 6.45. The molecule has 0 saturated carbocycles. The average molecular weight is 221 g/mol. The predicted octanol–water partition coefficient (Wildman–Crippen LogP) is 3.21. The summed E-state index contributed by atoms with van der Waals surface area (Å²) in [6, 6.07) is 3.99. The Morgan fingerprint density at radius 3 is 1.88 bits per heavy atom. The zero-order valence-electron chi connectivity index (χ0n) is 11.5. The number of aryl methyl sites for hydroxylation is 1.